The van der Waals surface area contributed by atoms with Gasteiger partial charge < -0.3 is 14.4 Å². The Labute approximate surface area is 154 Å². The van der Waals surface area contributed by atoms with Gasteiger partial charge in [0.15, 0.2) is 0 Å². The van der Waals surface area contributed by atoms with E-state index in [-0.39, 0.29) is 0 Å². The van der Waals surface area contributed by atoms with Crippen LogP contribution in [0.15, 0.2) is 36.7 Å². The van der Waals surface area contributed by atoms with Crippen molar-refractivity contribution in [3.8, 4) is 5.75 Å². The van der Waals surface area contributed by atoms with Crippen molar-refractivity contribution < 1.29 is 9.47 Å². The number of methoxy groups -OCH3 is 1. The van der Waals surface area contributed by atoms with E-state index in [2.05, 4.69) is 38.0 Å². The second kappa shape index (κ2) is 8.01. The average molecular weight is 354 g/mol. The first-order valence-corrected chi connectivity index (χ1v) is 9.32. The highest BCUT2D eigenvalue weighted by Gasteiger charge is 2.23. The first kappa shape index (κ1) is 17.2. The molecule has 0 radical (unpaired) electrons. The van der Waals surface area contributed by atoms with E-state index in [1.165, 1.54) is 5.56 Å². The summed E-state index contributed by atoms with van der Waals surface area (Å²) in [4.78, 5) is 13.8. The predicted molar refractivity (Wildman–Crippen MR) is 101 cm³/mol. The Hall–Kier alpha value is -2.18. The Morgan fingerprint density at radius 1 is 1.15 bits per heavy atom. The van der Waals surface area contributed by atoms with Crippen LogP contribution in [-0.2, 0) is 11.3 Å². The minimum absolute atomic E-state index is 0.420. The maximum Gasteiger partial charge on any atom is 0.132 e. The molecule has 6 nitrogen and oxygen atoms in total. The molecule has 0 amide bonds. The van der Waals surface area contributed by atoms with Gasteiger partial charge in [0.2, 0.25) is 0 Å². The molecule has 2 aliphatic rings. The highest BCUT2D eigenvalue weighted by molar-refractivity contribution is 5.40. The van der Waals surface area contributed by atoms with Crippen LogP contribution >= 0.6 is 0 Å². The van der Waals surface area contributed by atoms with Crippen LogP contribution in [0.25, 0.3) is 0 Å². The third-order valence-corrected chi connectivity index (χ3v) is 5.30. The van der Waals surface area contributed by atoms with Gasteiger partial charge >= 0.3 is 0 Å². The number of piperazine rings is 1. The SMILES string of the molecule is COc1ccccc1CN1CCN(c2cc(C3CCOC3)ncn2)CC1. The molecule has 0 aliphatic carbocycles. The molecule has 138 valence electrons. The highest BCUT2D eigenvalue weighted by atomic mass is 16.5. The lowest BCUT2D eigenvalue weighted by atomic mass is 10.0. The molecule has 26 heavy (non-hydrogen) atoms. The summed E-state index contributed by atoms with van der Waals surface area (Å²) >= 11 is 0. The van der Waals surface area contributed by atoms with Gasteiger partial charge in [-0.05, 0) is 12.5 Å². The van der Waals surface area contributed by atoms with E-state index in [4.69, 9.17) is 9.47 Å². The Kier molecular flexibility index (Phi) is 5.32. The number of aromatic nitrogens is 2. The maximum absolute atomic E-state index is 5.50. The van der Waals surface area contributed by atoms with Gasteiger partial charge in [0, 0.05) is 56.9 Å². The number of para-hydroxylation sites is 1. The van der Waals surface area contributed by atoms with Crippen LogP contribution in [0, 0.1) is 0 Å². The molecule has 1 aromatic carbocycles. The topological polar surface area (TPSA) is 50.7 Å². The third-order valence-electron chi connectivity index (χ3n) is 5.30. The second-order valence-corrected chi connectivity index (χ2v) is 6.94. The number of nitrogens with zero attached hydrogens (tertiary/aromatic N) is 4. The van der Waals surface area contributed by atoms with E-state index in [0.29, 0.717) is 5.92 Å². The van der Waals surface area contributed by atoms with Crippen molar-refractivity contribution >= 4 is 5.82 Å². The molecule has 3 heterocycles. The smallest absolute Gasteiger partial charge is 0.132 e. The van der Waals surface area contributed by atoms with Crippen LogP contribution in [0.3, 0.4) is 0 Å². The third kappa shape index (κ3) is 3.81. The van der Waals surface area contributed by atoms with Gasteiger partial charge in [0.25, 0.3) is 0 Å². The van der Waals surface area contributed by atoms with Crippen molar-refractivity contribution in [1.82, 2.24) is 14.9 Å². The standard InChI is InChI=1S/C20H26N4O2/c1-25-19-5-3-2-4-16(19)13-23-7-9-24(10-8-23)20-12-18(21-15-22-20)17-6-11-26-14-17/h2-5,12,15,17H,6-11,13-14H2,1H3. The monoisotopic (exact) mass is 354 g/mol. The quantitative estimate of drug-likeness (QED) is 0.821. The lowest BCUT2D eigenvalue weighted by Crippen LogP contribution is -2.46. The molecule has 2 saturated heterocycles. The summed E-state index contributed by atoms with van der Waals surface area (Å²) in [6.07, 6.45) is 2.76. The van der Waals surface area contributed by atoms with E-state index in [0.717, 1.165) is 69.6 Å². The van der Waals surface area contributed by atoms with Crippen LogP contribution in [0.1, 0.15) is 23.6 Å². The lowest BCUT2D eigenvalue weighted by molar-refractivity contribution is 0.193. The largest absolute Gasteiger partial charge is 0.496 e. The van der Waals surface area contributed by atoms with Crippen molar-refractivity contribution in [1.29, 1.82) is 0 Å². The number of anilines is 1. The summed E-state index contributed by atoms with van der Waals surface area (Å²) in [5.41, 5.74) is 2.36. The van der Waals surface area contributed by atoms with E-state index in [1.54, 1.807) is 13.4 Å². The van der Waals surface area contributed by atoms with Crippen LogP contribution in [0.5, 0.6) is 5.75 Å². The van der Waals surface area contributed by atoms with Gasteiger partial charge in [0.05, 0.1) is 19.4 Å². The van der Waals surface area contributed by atoms with Crippen LogP contribution in [0.4, 0.5) is 5.82 Å². The molecule has 2 aromatic rings. The normalized spacial score (nSPS) is 21.1. The maximum atomic E-state index is 5.50. The zero-order valence-electron chi connectivity index (χ0n) is 15.3. The van der Waals surface area contributed by atoms with E-state index in [9.17, 15) is 0 Å². The molecule has 1 aromatic heterocycles. The van der Waals surface area contributed by atoms with E-state index in [1.807, 2.05) is 12.1 Å². The van der Waals surface area contributed by atoms with Crippen molar-refractivity contribution in [3.05, 3.63) is 47.9 Å². The molecule has 6 heteroatoms. The fraction of sp³-hybridized carbons (Fsp3) is 0.500. The zero-order valence-corrected chi connectivity index (χ0v) is 15.3. The molecule has 0 bridgehead atoms. The van der Waals surface area contributed by atoms with Crippen LogP contribution in [0.2, 0.25) is 0 Å². The van der Waals surface area contributed by atoms with E-state index < -0.39 is 0 Å². The molecule has 0 spiro atoms. The van der Waals surface area contributed by atoms with Crippen molar-refractivity contribution in [3.63, 3.8) is 0 Å². The number of ether oxygens (including phenoxy) is 2. The molecular formula is C20H26N4O2. The Morgan fingerprint density at radius 2 is 2.00 bits per heavy atom. The van der Waals surface area contributed by atoms with Crippen molar-refractivity contribution in [2.45, 2.75) is 18.9 Å². The molecular weight excluding hydrogens is 328 g/mol. The Bertz CT molecular complexity index is 725. The van der Waals surface area contributed by atoms with Crippen LogP contribution < -0.4 is 9.64 Å². The van der Waals surface area contributed by atoms with Crippen LogP contribution in [-0.4, -0.2) is 61.4 Å². The van der Waals surface area contributed by atoms with E-state index >= 15 is 0 Å². The molecule has 0 saturated carbocycles. The molecule has 1 unspecified atom stereocenters. The molecule has 2 fully saturated rings. The van der Waals surface area contributed by atoms with Gasteiger partial charge in [-0.1, -0.05) is 18.2 Å². The summed E-state index contributed by atoms with van der Waals surface area (Å²) in [5.74, 6) is 2.43. The minimum Gasteiger partial charge on any atom is -0.496 e. The van der Waals surface area contributed by atoms with Gasteiger partial charge in [0.1, 0.15) is 17.9 Å². The minimum atomic E-state index is 0.420. The summed E-state index contributed by atoms with van der Waals surface area (Å²) in [7, 11) is 1.73. The average Bonchev–Trinajstić information content (AvgIpc) is 3.24. The fourth-order valence-corrected chi connectivity index (χ4v) is 3.74. The first-order chi connectivity index (χ1) is 12.8. The Morgan fingerprint density at radius 3 is 2.77 bits per heavy atom. The number of hydrogen-bond acceptors (Lipinski definition) is 6. The van der Waals surface area contributed by atoms with Crippen molar-refractivity contribution in [2.24, 2.45) is 0 Å². The van der Waals surface area contributed by atoms with Crippen molar-refractivity contribution in [2.75, 3.05) is 51.4 Å². The van der Waals surface area contributed by atoms with Gasteiger partial charge in [-0.25, -0.2) is 9.97 Å². The number of benzene rings is 1. The first-order valence-electron chi connectivity index (χ1n) is 9.32. The predicted octanol–water partition coefficient (Wildman–Crippen LogP) is 2.31. The fourth-order valence-electron chi connectivity index (χ4n) is 3.74. The molecule has 1 atom stereocenters. The summed E-state index contributed by atoms with van der Waals surface area (Å²) in [5, 5.41) is 0. The highest BCUT2D eigenvalue weighted by Crippen LogP contribution is 2.26. The summed E-state index contributed by atoms with van der Waals surface area (Å²) < 4.78 is 11.0. The lowest BCUT2D eigenvalue weighted by Gasteiger charge is -2.35. The summed E-state index contributed by atoms with van der Waals surface area (Å²) in [6, 6.07) is 10.4. The zero-order chi connectivity index (χ0) is 17.8. The molecule has 2 aliphatic heterocycles. The molecule has 4 rings (SSSR count). The second-order valence-electron chi connectivity index (χ2n) is 6.94. The number of rotatable bonds is 5. The summed E-state index contributed by atoms with van der Waals surface area (Å²) in [6.45, 7) is 6.54. The molecule has 0 N–H and O–H groups in total. The van der Waals surface area contributed by atoms with Gasteiger partial charge in [-0.15, -0.1) is 0 Å². The van der Waals surface area contributed by atoms with Gasteiger partial charge in [-0.3, -0.25) is 4.90 Å². The number of hydrogen-bond donors (Lipinski definition) is 0. The Balaban J connectivity index is 1.37. The van der Waals surface area contributed by atoms with Gasteiger partial charge in [-0.2, -0.15) is 0 Å².